The lowest BCUT2D eigenvalue weighted by Crippen LogP contribution is -2.74. The molecule has 3 aliphatic rings. The molecule has 10 heteroatoms. The normalized spacial score (nSPS) is 23.9. The molecule has 1 atom stereocenters. The minimum Gasteiger partial charge on any atom is -0.755 e. The Bertz CT molecular complexity index is 1380. The van der Waals surface area contributed by atoms with Crippen molar-refractivity contribution in [3.8, 4) is 6.07 Å². The van der Waals surface area contributed by atoms with E-state index in [1.165, 1.54) is 12.1 Å². The Morgan fingerprint density at radius 2 is 1.74 bits per heavy atom. The van der Waals surface area contributed by atoms with E-state index >= 15 is 0 Å². The van der Waals surface area contributed by atoms with Gasteiger partial charge in [-0.2, -0.15) is 18.4 Å². The number of carbonyl (C=O) groups excluding carboxylic acids is 1. The van der Waals surface area contributed by atoms with E-state index in [2.05, 4.69) is 11.4 Å². The molecule has 0 aromatic heterocycles. The van der Waals surface area contributed by atoms with Crippen LogP contribution in [0, 0.1) is 16.7 Å². The largest absolute Gasteiger partial charge is 0.755 e. The zero-order valence-corrected chi connectivity index (χ0v) is 18.4. The zero-order chi connectivity index (χ0) is 24.3. The first kappa shape index (κ1) is 22.4. The number of nitrogens with zero attached hydrogens (tertiary/aromatic N) is 2. The minimum absolute atomic E-state index is 0.0920. The van der Waals surface area contributed by atoms with Crippen LogP contribution in [-0.4, -0.2) is 20.2 Å². The van der Waals surface area contributed by atoms with Crippen LogP contribution in [0.5, 0.6) is 0 Å². The first-order chi connectivity index (χ1) is 16.0. The second kappa shape index (κ2) is 7.55. The van der Waals surface area contributed by atoms with Crippen LogP contribution >= 0.6 is 0 Å². The molecule has 1 unspecified atom stereocenters. The van der Waals surface area contributed by atoms with Crippen LogP contribution in [0.4, 0.5) is 24.5 Å². The van der Waals surface area contributed by atoms with Crippen molar-refractivity contribution >= 4 is 39.3 Å². The Labute approximate surface area is 195 Å². The molecule has 0 saturated heterocycles. The lowest BCUT2D eigenvalue weighted by molar-refractivity contribution is -0.137. The number of hydrogen-bond donors (Lipinski definition) is 1. The summed E-state index contributed by atoms with van der Waals surface area (Å²) in [5, 5.41) is 13.5. The van der Waals surface area contributed by atoms with Gasteiger partial charge in [0, 0.05) is 5.54 Å². The molecule has 174 valence electrons. The summed E-state index contributed by atoms with van der Waals surface area (Å²) in [7, 11) is 0. The maximum atomic E-state index is 13.5. The molecular formula is C24H17F3N3O3S-. The van der Waals surface area contributed by atoms with Gasteiger partial charge < -0.3 is 9.87 Å². The van der Waals surface area contributed by atoms with Crippen molar-refractivity contribution < 1.29 is 26.7 Å². The number of benzene rings is 3. The molecule has 3 aromatic rings. The third-order valence-corrected chi connectivity index (χ3v) is 7.26. The summed E-state index contributed by atoms with van der Waals surface area (Å²) in [5.74, 6) is -0.689. The zero-order valence-electron chi connectivity index (χ0n) is 17.6. The van der Waals surface area contributed by atoms with E-state index in [0.717, 1.165) is 17.5 Å². The van der Waals surface area contributed by atoms with Gasteiger partial charge in [-0.1, -0.05) is 30.3 Å². The van der Waals surface area contributed by atoms with Crippen molar-refractivity contribution in [2.75, 3.05) is 4.31 Å². The molecule has 0 radical (unpaired) electrons. The van der Waals surface area contributed by atoms with Gasteiger partial charge in [-0.15, -0.1) is 0 Å². The molecule has 0 aliphatic heterocycles. The molecule has 3 aliphatic carbocycles. The summed E-state index contributed by atoms with van der Waals surface area (Å²) in [4.78, 5) is 13.1. The maximum absolute atomic E-state index is 13.5. The molecule has 1 N–H and O–H groups in total. The van der Waals surface area contributed by atoms with E-state index in [0.29, 0.717) is 35.0 Å². The van der Waals surface area contributed by atoms with Crippen molar-refractivity contribution in [2.24, 2.45) is 5.41 Å². The number of alkyl halides is 3. The smallest absolute Gasteiger partial charge is 0.416 e. The van der Waals surface area contributed by atoms with Crippen LogP contribution in [0.25, 0.3) is 10.8 Å². The van der Waals surface area contributed by atoms with Crippen LogP contribution in [0.15, 0.2) is 60.7 Å². The van der Waals surface area contributed by atoms with Gasteiger partial charge in [-0.05, 0) is 60.4 Å². The summed E-state index contributed by atoms with van der Waals surface area (Å²) in [6, 6.07) is 16.4. The highest BCUT2D eigenvalue weighted by atomic mass is 32.2. The van der Waals surface area contributed by atoms with Crippen LogP contribution in [0.3, 0.4) is 0 Å². The highest BCUT2D eigenvalue weighted by molar-refractivity contribution is 7.81. The van der Waals surface area contributed by atoms with Crippen LogP contribution in [-0.2, 0) is 17.4 Å². The van der Waals surface area contributed by atoms with Crippen molar-refractivity contribution in [3.63, 3.8) is 0 Å². The van der Waals surface area contributed by atoms with Crippen molar-refractivity contribution in [2.45, 2.75) is 31.0 Å². The van der Waals surface area contributed by atoms with Gasteiger partial charge in [0.15, 0.2) is 0 Å². The van der Waals surface area contributed by atoms with E-state index in [-0.39, 0.29) is 11.3 Å². The average Bonchev–Trinajstić information content (AvgIpc) is 2.74. The second-order valence-corrected chi connectivity index (χ2v) is 9.73. The molecule has 34 heavy (non-hydrogen) atoms. The highest BCUT2D eigenvalue weighted by Crippen LogP contribution is 2.66. The standard InChI is InChI=1S/C24H18F3N3O3S/c25-24(26,27)17-6-8-19(21(31)29-23-11-22(12-23,13-23)14-28)20(10-17)30(34(32)33)18-7-5-15-3-1-2-4-16(15)9-18/h1-10H,11-13H2,(H,29,31)(H,32,33)/p-1. The molecule has 3 aromatic carbocycles. The minimum atomic E-state index is -4.74. The Hall–Kier alpha value is -3.42. The summed E-state index contributed by atoms with van der Waals surface area (Å²) in [6.07, 6.45) is -3.32. The molecule has 1 amide bonds. The monoisotopic (exact) mass is 484 g/mol. The van der Waals surface area contributed by atoms with Gasteiger partial charge in [-0.3, -0.25) is 13.3 Å². The Morgan fingerprint density at radius 1 is 1.06 bits per heavy atom. The Kier molecular flexibility index (Phi) is 4.97. The number of nitrogens with one attached hydrogen (secondary N) is 1. The molecule has 6 rings (SSSR count). The molecule has 0 spiro atoms. The van der Waals surface area contributed by atoms with Crippen molar-refractivity contribution in [1.29, 1.82) is 5.26 Å². The van der Waals surface area contributed by atoms with Gasteiger partial charge in [0.1, 0.15) is 0 Å². The number of halogens is 3. The molecule has 3 fully saturated rings. The fourth-order valence-electron chi connectivity index (χ4n) is 5.02. The third-order valence-electron chi connectivity index (χ3n) is 6.55. The van der Waals surface area contributed by atoms with E-state index in [1.54, 1.807) is 18.2 Å². The number of hydrogen-bond acceptors (Lipinski definition) is 4. The SMILES string of the molecule is N#CC12CC(NC(=O)c3ccc(C(F)(F)F)cc3N(c3ccc4ccccc4c3)S(=O)[O-])(C1)C2. The first-order valence-corrected chi connectivity index (χ1v) is 11.4. The number of anilines is 2. The van der Waals surface area contributed by atoms with Gasteiger partial charge in [0.25, 0.3) is 5.91 Å². The average molecular weight is 484 g/mol. The van der Waals surface area contributed by atoms with Gasteiger partial charge in [-0.25, -0.2) is 0 Å². The number of fused-ring (bicyclic) bond motifs is 1. The van der Waals surface area contributed by atoms with Crippen LogP contribution in [0.2, 0.25) is 0 Å². The molecular weight excluding hydrogens is 467 g/mol. The summed E-state index contributed by atoms with van der Waals surface area (Å²) < 4.78 is 65.8. The number of nitriles is 1. The van der Waals surface area contributed by atoms with Gasteiger partial charge in [0.05, 0.1) is 45.3 Å². The molecule has 2 bridgehead atoms. The predicted molar refractivity (Wildman–Crippen MR) is 119 cm³/mol. The van der Waals surface area contributed by atoms with E-state index in [9.17, 15) is 32.0 Å². The quantitative estimate of drug-likeness (QED) is 0.518. The summed E-state index contributed by atoms with van der Waals surface area (Å²) >= 11 is -3.03. The van der Waals surface area contributed by atoms with E-state index in [4.69, 9.17) is 0 Å². The summed E-state index contributed by atoms with van der Waals surface area (Å²) in [6.45, 7) is 0. The van der Waals surface area contributed by atoms with E-state index in [1.807, 2.05) is 12.1 Å². The van der Waals surface area contributed by atoms with Crippen molar-refractivity contribution in [3.05, 3.63) is 71.8 Å². The summed E-state index contributed by atoms with van der Waals surface area (Å²) in [5.41, 5.74) is -2.61. The third kappa shape index (κ3) is 3.61. The number of carbonyl (C=O) groups is 1. The molecule has 0 heterocycles. The van der Waals surface area contributed by atoms with Gasteiger partial charge >= 0.3 is 6.18 Å². The van der Waals surface area contributed by atoms with Gasteiger partial charge in [0.2, 0.25) is 0 Å². The number of rotatable bonds is 5. The fourth-order valence-corrected chi connectivity index (χ4v) is 5.62. The lowest BCUT2D eigenvalue weighted by atomic mass is 9.40. The predicted octanol–water partition coefficient (Wildman–Crippen LogP) is 4.97. The van der Waals surface area contributed by atoms with Crippen LogP contribution in [0.1, 0.15) is 35.2 Å². The Balaban J connectivity index is 1.58. The number of amides is 1. The Morgan fingerprint density at radius 3 is 2.35 bits per heavy atom. The topological polar surface area (TPSA) is 96.3 Å². The molecule has 3 saturated carbocycles. The first-order valence-electron chi connectivity index (χ1n) is 10.4. The van der Waals surface area contributed by atoms with Crippen molar-refractivity contribution in [1.82, 2.24) is 5.32 Å². The second-order valence-electron chi connectivity index (χ2n) is 8.93. The molecule has 6 nitrogen and oxygen atoms in total. The highest BCUT2D eigenvalue weighted by Gasteiger charge is 2.69. The van der Waals surface area contributed by atoms with Crippen LogP contribution < -0.4 is 9.62 Å². The van der Waals surface area contributed by atoms with E-state index < -0.39 is 45.6 Å². The lowest BCUT2D eigenvalue weighted by Gasteiger charge is -2.67. The maximum Gasteiger partial charge on any atom is 0.416 e. The fraction of sp³-hybridized carbons (Fsp3) is 0.250.